The molecule has 0 saturated carbocycles. The van der Waals surface area contributed by atoms with Gasteiger partial charge in [0.05, 0.1) is 5.57 Å². The lowest BCUT2D eigenvalue weighted by Gasteiger charge is -2.29. The Balaban J connectivity index is 2.56. The molecule has 0 amide bonds. The molecule has 1 aromatic heterocycles. The molecular formula is C12H10F4N2O2. The number of halogens is 4. The Labute approximate surface area is 111 Å². The van der Waals surface area contributed by atoms with Crippen LogP contribution < -0.4 is 0 Å². The van der Waals surface area contributed by atoms with Crippen molar-refractivity contribution in [2.45, 2.75) is 11.8 Å². The van der Waals surface area contributed by atoms with Crippen molar-refractivity contribution in [1.29, 1.82) is 0 Å². The minimum Gasteiger partial charge on any atom is -0.481 e. The summed E-state index contributed by atoms with van der Waals surface area (Å²) in [7, 11) is 1.45. The molecule has 0 aromatic carbocycles. The molecule has 2 unspecified atom stereocenters. The van der Waals surface area contributed by atoms with Crippen LogP contribution in [0.5, 0.6) is 0 Å². The summed E-state index contributed by atoms with van der Waals surface area (Å²) in [6, 6.07) is 1.15. The van der Waals surface area contributed by atoms with Crippen LogP contribution in [0.4, 0.5) is 17.6 Å². The molecular weight excluding hydrogens is 280 g/mol. The Kier molecular flexibility index (Phi) is 3.19. The quantitative estimate of drug-likeness (QED) is 0.851. The zero-order valence-electron chi connectivity index (χ0n) is 10.2. The molecule has 1 aromatic rings. The largest absolute Gasteiger partial charge is 0.481 e. The first-order chi connectivity index (χ1) is 9.14. The maximum atomic E-state index is 14.9. The van der Waals surface area contributed by atoms with Crippen molar-refractivity contribution in [3.8, 4) is 0 Å². The summed E-state index contributed by atoms with van der Waals surface area (Å²) >= 11 is 0. The van der Waals surface area contributed by atoms with E-state index in [1.807, 2.05) is 0 Å². The van der Waals surface area contributed by atoms with E-state index in [4.69, 9.17) is 5.11 Å². The predicted molar refractivity (Wildman–Crippen MR) is 60.4 cm³/mol. The van der Waals surface area contributed by atoms with Gasteiger partial charge in [-0.1, -0.05) is 12.2 Å². The fourth-order valence-electron chi connectivity index (χ4n) is 2.00. The first-order valence-corrected chi connectivity index (χ1v) is 5.54. The maximum absolute atomic E-state index is 14.9. The lowest BCUT2D eigenvalue weighted by Crippen LogP contribution is -2.37. The van der Waals surface area contributed by atoms with Crippen LogP contribution >= 0.6 is 0 Å². The van der Waals surface area contributed by atoms with E-state index in [1.165, 1.54) is 17.9 Å². The summed E-state index contributed by atoms with van der Waals surface area (Å²) < 4.78 is 54.1. The third-order valence-corrected chi connectivity index (χ3v) is 2.99. The van der Waals surface area contributed by atoms with Gasteiger partial charge >= 0.3 is 12.1 Å². The third kappa shape index (κ3) is 2.33. The fraction of sp³-hybridized carbons (Fsp3) is 0.333. The Morgan fingerprint density at radius 3 is 2.60 bits per heavy atom. The molecule has 0 saturated heterocycles. The minimum absolute atomic E-state index is 0.272. The van der Waals surface area contributed by atoms with Gasteiger partial charge in [0.2, 0.25) is 0 Å². The zero-order valence-corrected chi connectivity index (χ0v) is 10.2. The standard InChI is InChI=1S/C12H10F4N2O2/c1-18-5-4-9(17-18)11(13)6-7(12(14,15)16)2-3-8(11)10(19)20/h2-6,8H,1H3,(H,19,20). The van der Waals surface area contributed by atoms with Crippen LogP contribution in [0.15, 0.2) is 36.1 Å². The number of carboxylic acids is 1. The van der Waals surface area contributed by atoms with Gasteiger partial charge in [0.1, 0.15) is 11.6 Å². The summed E-state index contributed by atoms with van der Waals surface area (Å²) in [4.78, 5) is 11.1. The number of carboxylic acid groups (broad SMARTS) is 1. The second-order valence-electron chi connectivity index (χ2n) is 4.42. The van der Waals surface area contributed by atoms with Gasteiger partial charge in [0.25, 0.3) is 0 Å². The van der Waals surface area contributed by atoms with Crippen LogP contribution in [0.2, 0.25) is 0 Å². The van der Waals surface area contributed by atoms with Gasteiger partial charge in [-0.3, -0.25) is 9.48 Å². The monoisotopic (exact) mass is 290 g/mol. The van der Waals surface area contributed by atoms with Crippen molar-refractivity contribution in [2.75, 3.05) is 0 Å². The molecule has 1 aliphatic rings. The van der Waals surface area contributed by atoms with Crippen molar-refractivity contribution in [1.82, 2.24) is 9.78 Å². The molecule has 0 bridgehead atoms. The number of aliphatic carboxylic acids is 1. The minimum atomic E-state index is -4.76. The Morgan fingerprint density at radius 1 is 1.50 bits per heavy atom. The van der Waals surface area contributed by atoms with E-state index in [0.717, 1.165) is 6.07 Å². The molecule has 1 aliphatic carbocycles. The van der Waals surface area contributed by atoms with E-state index in [1.54, 1.807) is 0 Å². The number of allylic oxidation sites excluding steroid dienone is 3. The highest BCUT2D eigenvalue weighted by Crippen LogP contribution is 2.43. The summed E-state index contributed by atoms with van der Waals surface area (Å²) in [6.45, 7) is 0. The van der Waals surface area contributed by atoms with E-state index < -0.39 is 29.3 Å². The molecule has 0 spiro atoms. The Bertz CT molecular complexity index is 603. The molecule has 108 valence electrons. The van der Waals surface area contributed by atoms with Crippen molar-refractivity contribution in [3.05, 3.63) is 41.8 Å². The highest BCUT2D eigenvalue weighted by Gasteiger charge is 2.49. The fourth-order valence-corrected chi connectivity index (χ4v) is 2.00. The normalized spacial score (nSPS) is 26.4. The van der Waals surface area contributed by atoms with Gasteiger partial charge in [-0.15, -0.1) is 0 Å². The van der Waals surface area contributed by atoms with Crippen LogP contribution in [0.1, 0.15) is 5.69 Å². The first kappa shape index (κ1) is 14.3. The molecule has 0 fully saturated rings. The van der Waals surface area contributed by atoms with Gasteiger partial charge in [-0.25, -0.2) is 4.39 Å². The molecule has 1 N–H and O–H groups in total. The van der Waals surface area contributed by atoms with Crippen LogP contribution in [0.25, 0.3) is 0 Å². The van der Waals surface area contributed by atoms with E-state index >= 15 is 0 Å². The lowest BCUT2D eigenvalue weighted by atomic mass is 9.80. The van der Waals surface area contributed by atoms with Crippen molar-refractivity contribution < 1.29 is 27.5 Å². The number of rotatable bonds is 2. The molecule has 0 aliphatic heterocycles. The average Bonchev–Trinajstić information content (AvgIpc) is 2.74. The van der Waals surface area contributed by atoms with Crippen LogP contribution in [-0.2, 0) is 17.5 Å². The van der Waals surface area contributed by atoms with Gasteiger partial charge in [-0.2, -0.15) is 18.3 Å². The first-order valence-electron chi connectivity index (χ1n) is 5.54. The summed E-state index contributed by atoms with van der Waals surface area (Å²) in [5, 5.41) is 12.7. The van der Waals surface area contributed by atoms with E-state index in [2.05, 4.69) is 5.10 Å². The second kappa shape index (κ2) is 4.46. The van der Waals surface area contributed by atoms with E-state index in [9.17, 15) is 22.4 Å². The molecule has 20 heavy (non-hydrogen) atoms. The number of carbonyl (C=O) groups is 1. The van der Waals surface area contributed by atoms with Crippen molar-refractivity contribution in [3.63, 3.8) is 0 Å². The SMILES string of the molecule is Cn1ccc(C2(F)C=C(C(F)(F)F)C=CC2C(=O)O)n1. The van der Waals surface area contributed by atoms with E-state index in [-0.39, 0.29) is 11.8 Å². The molecule has 8 heteroatoms. The molecule has 1 heterocycles. The lowest BCUT2D eigenvalue weighted by molar-refractivity contribution is -0.144. The van der Waals surface area contributed by atoms with E-state index in [0.29, 0.717) is 12.2 Å². The van der Waals surface area contributed by atoms with Crippen molar-refractivity contribution in [2.24, 2.45) is 13.0 Å². The Hall–Kier alpha value is -2.12. The Morgan fingerprint density at radius 2 is 2.15 bits per heavy atom. The van der Waals surface area contributed by atoms with Crippen molar-refractivity contribution >= 4 is 5.97 Å². The number of hydrogen-bond acceptors (Lipinski definition) is 2. The third-order valence-electron chi connectivity index (χ3n) is 2.99. The number of aryl methyl sites for hydroxylation is 1. The number of aromatic nitrogens is 2. The van der Waals surface area contributed by atoms with Gasteiger partial charge in [0.15, 0.2) is 5.67 Å². The summed E-state index contributed by atoms with van der Waals surface area (Å²) in [5.41, 5.74) is -4.45. The molecule has 0 radical (unpaired) electrons. The molecule has 2 rings (SSSR count). The van der Waals surface area contributed by atoms with Gasteiger partial charge in [0, 0.05) is 13.2 Å². The highest BCUT2D eigenvalue weighted by molar-refractivity contribution is 5.75. The van der Waals surface area contributed by atoms with Crippen LogP contribution in [-0.4, -0.2) is 27.0 Å². The van der Waals surface area contributed by atoms with Gasteiger partial charge in [-0.05, 0) is 12.1 Å². The molecule has 2 atom stereocenters. The van der Waals surface area contributed by atoms with Crippen LogP contribution in [0.3, 0.4) is 0 Å². The number of nitrogens with zero attached hydrogens (tertiary/aromatic N) is 2. The summed E-state index contributed by atoms with van der Waals surface area (Å²) in [5.74, 6) is -3.32. The number of alkyl halides is 4. The second-order valence-corrected chi connectivity index (χ2v) is 4.42. The maximum Gasteiger partial charge on any atom is 0.416 e. The predicted octanol–water partition coefficient (Wildman–Crippen LogP) is 2.34. The average molecular weight is 290 g/mol. The zero-order chi connectivity index (χ0) is 15.1. The smallest absolute Gasteiger partial charge is 0.416 e. The molecule has 4 nitrogen and oxygen atoms in total. The highest BCUT2D eigenvalue weighted by atomic mass is 19.4. The van der Waals surface area contributed by atoms with Crippen LogP contribution in [0, 0.1) is 5.92 Å². The number of hydrogen-bond donors (Lipinski definition) is 1. The van der Waals surface area contributed by atoms with Gasteiger partial charge < -0.3 is 5.11 Å². The summed E-state index contributed by atoms with van der Waals surface area (Å²) in [6.07, 6.45) is -1.89. The topological polar surface area (TPSA) is 55.1 Å².